The van der Waals surface area contributed by atoms with Crippen LogP contribution in [-0.4, -0.2) is 19.9 Å². The lowest BCUT2D eigenvalue weighted by molar-refractivity contribution is 0.0988. The molecule has 0 bridgehead atoms. The van der Waals surface area contributed by atoms with Crippen molar-refractivity contribution in [2.75, 3.05) is 0 Å². The van der Waals surface area contributed by atoms with E-state index in [-0.39, 0.29) is 11.5 Å². The van der Waals surface area contributed by atoms with E-state index in [1.807, 2.05) is 6.07 Å². The zero-order valence-corrected chi connectivity index (χ0v) is 14.6. The van der Waals surface area contributed by atoms with Crippen molar-refractivity contribution in [1.29, 1.82) is 0 Å². The number of aryl methyl sites for hydroxylation is 1. The Kier molecular flexibility index (Phi) is 4.83. The molecule has 0 amide bonds. The van der Waals surface area contributed by atoms with E-state index in [0.29, 0.717) is 11.1 Å². The summed E-state index contributed by atoms with van der Waals surface area (Å²) in [6.45, 7) is 0. The number of ketones is 2. The molecule has 0 saturated heterocycles. The van der Waals surface area contributed by atoms with Crippen LogP contribution in [0.4, 0.5) is 0 Å². The summed E-state index contributed by atoms with van der Waals surface area (Å²) in [4.78, 5) is 24.4. The largest absolute Gasteiger partial charge is 0.347 e. The predicted molar refractivity (Wildman–Crippen MR) is 87.6 cm³/mol. The second-order valence-electron chi connectivity index (χ2n) is 4.39. The summed E-state index contributed by atoms with van der Waals surface area (Å²) in [6, 6.07) is 8.39. The number of nitrogens with zero attached hydrogens (tertiary/aromatic N) is 1. The number of halogens is 4. The van der Waals surface area contributed by atoms with Crippen LogP contribution in [0.2, 0.25) is 0 Å². The lowest BCUT2D eigenvalue weighted by Gasteiger charge is -2.09. The molecule has 3 nitrogen and oxygen atoms in total. The van der Waals surface area contributed by atoms with Gasteiger partial charge in [0.2, 0.25) is 5.78 Å². The molecule has 21 heavy (non-hydrogen) atoms. The van der Waals surface area contributed by atoms with Crippen molar-refractivity contribution in [2.45, 2.75) is 3.79 Å². The SMILES string of the molecule is Cn1cc(C(=O)c2cccc(Br)c2)cc1C(=O)C(Cl)(Cl)Cl. The minimum absolute atomic E-state index is 0.161. The number of benzene rings is 1. The minimum Gasteiger partial charge on any atom is -0.347 e. The molecular weight excluding hydrogens is 400 g/mol. The van der Waals surface area contributed by atoms with Crippen LogP contribution >= 0.6 is 50.7 Å². The predicted octanol–water partition coefficient (Wildman–Crippen LogP) is 4.57. The third kappa shape index (κ3) is 3.69. The summed E-state index contributed by atoms with van der Waals surface area (Å²) in [5.74, 6) is -0.890. The van der Waals surface area contributed by atoms with Gasteiger partial charge in [0, 0.05) is 28.8 Å². The zero-order chi connectivity index (χ0) is 15.8. The highest BCUT2D eigenvalue weighted by Gasteiger charge is 2.34. The normalized spacial score (nSPS) is 11.5. The van der Waals surface area contributed by atoms with Crippen molar-refractivity contribution in [3.05, 3.63) is 57.8 Å². The highest BCUT2D eigenvalue weighted by Crippen LogP contribution is 2.31. The van der Waals surface area contributed by atoms with Crippen molar-refractivity contribution >= 4 is 62.3 Å². The molecule has 0 aliphatic carbocycles. The van der Waals surface area contributed by atoms with Crippen LogP contribution in [0.25, 0.3) is 0 Å². The Balaban J connectivity index is 2.39. The molecule has 0 fully saturated rings. The van der Waals surface area contributed by atoms with E-state index >= 15 is 0 Å². The van der Waals surface area contributed by atoms with Crippen LogP contribution in [0, 0.1) is 0 Å². The number of Topliss-reactive ketones (excluding diaryl/α,β-unsaturated/α-hetero) is 1. The van der Waals surface area contributed by atoms with Gasteiger partial charge in [-0.2, -0.15) is 0 Å². The first kappa shape index (κ1) is 16.6. The Labute approximate surface area is 144 Å². The van der Waals surface area contributed by atoms with Gasteiger partial charge in [-0.25, -0.2) is 0 Å². The standard InChI is InChI=1S/C14H9BrCl3NO2/c1-19-7-9(6-11(19)13(21)14(16,17)18)12(20)8-3-2-4-10(15)5-8/h2-7H,1H3. The number of hydrogen-bond acceptors (Lipinski definition) is 2. The second-order valence-corrected chi connectivity index (χ2v) is 7.59. The molecule has 7 heteroatoms. The molecule has 2 rings (SSSR count). The summed E-state index contributed by atoms with van der Waals surface area (Å²) in [5.41, 5.74) is 1.02. The Hall–Kier alpha value is -0.810. The van der Waals surface area contributed by atoms with E-state index in [4.69, 9.17) is 34.8 Å². The molecule has 0 atom stereocenters. The van der Waals surface area contributed by atoms with Crippen LogP contribution < -0.4 is 0 Å². The third-order valence-electron chi connectivity index (χ3n) is 2.84. The van der Waals surface area contributed by atoms with Gasteiger partial charge in [0.15, 0.2) is 5.78 Å². The molecule has 2 aromatic rings. The molecule has 0 spiro atoms. The van der Waals surface area contributed by atoms with Crippen molar-refractivity contribution < 1.29 is 9.59 Å². The molecule has 1 heterocycles. The molecule has 1 aromatic carbocycles. The highest BCUT2D eigenvalue weighted by atomic mass is 79.9. The number of aromatic nitrogens is 1. The van der Waals surface area contributed by atoms with E-state index in [1.165, 1.54) is 16.8 Å². The molecule has 0 aliphatic rings. The Morgan fingerprint density at radius 2 is 1.81 bits per heavy atom. The quantitative estimate of drug-likeness (QED) is 0.550. The first-order chi connectivity index (χ1) is 9.70. The van der Waals surface area contributed by atoms with Gasteiger partial charge in [0.05, 0.1) is 5.69 Å². The molecule has 0 saturated carbocycles. The topological polar surface area (TPSA) is 39.1 Å². The molecule has 0 N–H and O–H groups in total. The number of alkyl halides is 3. The Morgan fingerprint density at radius 1 is 1.14 bits per heavy atom. The average molecular weight is 409 g/mol. The fourth-order valence-electron chi connectivity index (χ4n) is 1.86. The maximum Gasteiger partial charge on any atom is 0.255 e. The van der Waals surface area contributed by atoms with Crippen molar-refractivity contribution in [3.63, 3.8) is 0 Å². The lowest BCUT2D eigenvalue weighted by atomic mass is 10.1. The minimum atomic E-state index is -2.05. The van der Waals surface area contributed by atoms with Gasteiger partial charge >= 0.3 is 0 Å². The van der Waals surface area contributed by atoms with Crippen LogP contribution in [0.1, 0.15) is 26.4 Å². The van der Waals surface area contributed by atoms with Crippen LogP contribution in [-0.2, 0) is 7.05 Å². The van der Waals surface area contributed by atoms with Crippen molar-refractivity contribution in [1.82, 2.24) is 4.57 Å². The van der Waals surface area contributed by atoms with Crippen LogP contribution in [0.5, 0.6) is 0 Å². The zero-order valence-electron chi connectivity index (χ0n) is 10.7. The average Bonchev–Trinajstić information content (AvgIpc) is 2.78. The highest BCUT2D eigenvalue weighted by molar-refractivity contribution is 9.10. The number of carbonyl (C=O) groups excluding carboxylic acids is 2. The van der Waals surface area contributed by atoms with E-state index in [1.54, 1.807) is 25.2 Å². The summed E-state index contributed by atoms with van der Waals surface area (Å²) in [6.07, 6.45) is 1.53. The van der Waals surface area contributed by atoms with Gasteiger partial charge in [0.25, 0.3) is 3.79 Å². The number of carbonyl (C=O) groups is 2. The smallest absolute Gasteiger partial charge is 0.255 e. The van der Waals surface area contributed by atoms with E-state index < -0.39 is 9.58 Å². The Bertz CT molecular complexity index is 719. The van der Waals surface area contributed by atoms with Crippen molar-refractivity contribution in [2.24, 2.45) is 7.05 Å². The molecule has 0 aliphatic heterocycles. The lowest BCUT2D eigenvalue weighted by Crippen LogP contribution is -2.21. The van der Waals surface area contributed by atoms with Gasteiger partial charge < -0.3 is 4.57 Å². The summed E-state index contributed by atoms with van der Waals surface area (Å²) in [5, 5.41) is 0. The first-order valence-corrected chi connectivity index (χ1v) is 7.71. The van der Waals surface area contributed by atoms with Gasteiger partial charge in [-0.05, 0) is 18.2 Å². The molecule has 1 aromatic heterocycles. The summed E-state index contributed by atoms with van der Waals surface area (Å²) < 4.78 is 0.208. The van der Waals surface area contributed by atoms with E-state index in [2.05, 4.69) is 15.9 Å². The fraction of sp³-hybridized carbons (Fsp3) is 0.143. The van der Waals surface area contributed by atoms with E-state index in [0.717, 1.165) is 4.47 Å². The summed E-state index contributed by atoms with van der Waals surface area (Å²) in [7, 11) is 1.61. The van der Waals surface area contributed by atoms with Gasteiger partial charge in [0.1, 0.15) is 0 Å². The molecular formula is C14H9BrCl3NO2. The third-order valence-corrected chi connectivity index (χ3v) is 3.85. The van der Waals surface area contributed by atoms with Gasteiger partial charge in [-0.1, -0.05) is 62.9 Å². The van der Waals surface area contributed by atoms with Gasteiger partial charge in [-0.15, -0.1) is 0 Å². The van der Waals surface area contributed by atoms with Crippen LogP contribution in [0.15, 0.2) is 41.0 Å². The fourth-order valence-corrected chi connectivity index (χ4v) is 2.55. The first-order valence-electron chi connectivity index (χ1n) is 5.78. The molecule has 110 valence electrons. The van der Waals surface area contributed by atoms with E-state index in [9.17, 15) is 9.59 Å². The molecule has 0 unspecified atom stereocenters. The Morgan fingerprint density at radius 3 is 2.38 bits per heavy atom. The second kappa shape index (κ2) is 6.13. The molecule has 0 radical (unpaired) electrons. The number of hydrogen-bond donors (Lipinski definition) is 0. The number of rotatable bonds is 3. The summed E-state index contributed by atoms with van der Waals surface area (Å²) >= 11 is 20.1. The van der Waals surface area contributed by atoms with Gasteiger partial charge in [-0.3, -0.25) is 9.59 Å². The van der Waals surface area contributed by atoms with Crippen molar-refractivity contribution in [3.8, 4) is 0 Å². The maximum atomic E-state index is 12.4. The maximum absolute atomic E-state index is 12.4. The monoisotopic (exact) mass is 407 g/mol. The van der Waals surface area contributed by atoms with Crippen LogP contribution in [0.3, 0.4) is 0 Å².